The Labute approximate surface area is 163 Å². The number of hydrogen-bond acceptors (Lipinski definition) is 3. The van der Waals surface area contributed by atoms with Gasteiger partial charge in [0.05, 0.1) is 28.5 Å². The fraction of sp³-hybridized carbons (Fsp3) is 0.381. The monoisotopic (exact) mass is 397 g/mol. The second-order valence-electron chi connectivity index (χ2n) is 8.05. The highest BCUT2D eigenvalue weighted by Crippen LogP contribution is 2.46. The first kappa shape index (κ1) is 17.0. The van der Waals surface area contributed by atoms with Gasteiger partial charge in [0.2, 0.25) is 0 Å². The average molecular weight is 397 g/mol. The Balaban J connectivity index is 1.70. The molecular weight excluding hydrogens is 379 g/mol. The van der Waals surface area contributed by atoms with E-state index in [9.17, 15) is 13.2 Å². The van der Waals surface area contributed by atoms with Crippen molar-refractivity contribution in [2.24, 2.45) is 0 Å². The standard InChI is InChI=1S/C21H18F3N5/c22-21(23,24)20-13(9-25-29-20)19-12-4-2-1-3-11(12)16-14(26-19)7-8-15-17(16)18(28-27-15)10-5-6-10/h7-10H,1-6H2,(H,25,29)(H,27,28). The van der Waals surface area contributed by atoms with E-state index in [1.807, 2.05) is 12.1 Å². The Bertz CT molecular complexity index is 1260. The van der Waals surface area contributed by atoms with E-state index in [0.717, 1.165) is 77.2 Å². The molecule has 1 aromatic carbocycles. The van der Waals surface area contributed by atoms with E-state index < -0.39 is 11.9 Å². The maximum absolute atomic E-state index is 13.5. The minimum atomic E-state index is -4.50. The molecular formula is C21H18F3N5. The fourth-order valence-corrected chi connectivity index (χ4v) is 4.72. The summed E-state index contributed by atoms with van der Waals surface area (Å²) < 4.78 is 40.6. The second-order valence-corrected chi connectivity index (χ2v) is 8.05. The SMILES string of the molecule is FC(F)(F)c1[nH]ncc1-c1nc2ccc3n[nH]c(C4CC4)c3c2c2c1CCCC2. The second kappa shape index (κ2) is 5.81. The number of aromatic amines is 2. The number of halogens is 3. The molecule has 0 amide bonds. The number of aromatic nitrogens is 5. The summed E-state index contributed by atoms with van der Waals surface area (Å²) >= 11 is 0. The lowest BCUT2D eigenvalue weighted by atomic mass is 9.85. The van der Waals surface area contributed by atoms with Gasteiger partial charge in [-0.15, -0.1) is 0 Å². The van der Waals surface area contributed by atoms with Crippen molar-refractivity contribution < 1.29 is 13.2 Å². The van der Waals surface area contributed by atoms with Crippen LogP contribution in [0.2, 0.25) is 0 Å². The van der Waals surface area contributed by atoms with E-state index in [1.54, 1.807) is 0 Å². The number of pyridine rings is 1. The van der Waals surface area contributed by atoms with Crippen LogP contribution < -0.4 is 0 Å². The molecule has 0 aliphatic heterocycles. The lowest BCUT2D eigenvalue weighted by Gasteiger charge is -2.22. The molecule has 29 heavy (non-hydrogen) atoms. The molecule has 1 fully saturated rings. The van der Waals surface area contributed by atoms with Crippen molar-refractivity contribution in [3.05, 3.63) is 40.8 Å². The topological polar surface area (TPSA) is 70.2 Å². The van der Waals surface area contributed by atoms with E-state index in [0.29, 0.717) is 11.6 Å². The summed E-state index contributed by atoms with van der Waals surface area (Å²) in [5.41, 5.74) is 4.43. The Morgan fingerprint density at radius 1 is 0.931 bits per heavy atom. The number of rotatable bonds is 2. The van der Waals surface area contributed by atoms with Crippen molar-refractivity contribution >= 4 is 21.8 Å². The van der Waals surface area contributed by atoms with Crippen LogP contribution in [-0.4, -0.2) is 25.4 Å². The summed E-state index contributed by atoms with van der Waals surface area (Å²) in [6.07, 6.45) is 2.57. The third-order valence-electron chi connectivity index (χ3n) is 6.18. The number of hydrogen-bond donors (Lipinski definition) is 2. The molecule has 5 nitrogen and oxygen atoms in total. The molecule has 6 rings (SSSR count). The minimum absolute atomic E-state index is 0.0345. The van der Waals surface area contributed by atoms with Gasteiger partial charge in [0.1, 0.15) is 5.69 Å². The highest BCUT2D eigenvalue weighted by molar-refractivity contribution is 6.09. The summed E-state index contributed by atoms with van der Waals surface area (Å²) in [4.78, 5) is 4.75. The minimum Gasteiger partial charge on any atom is -0.281 e. The summed E-state index contributed by atoms with van der Waals surface area (Å²) in [5, 5.41) is 15.7. The number of H-pyrrole nitrogens is 2. The fourth-order valence-electron chi connectivity index (χ4n) is 4.72. The molecule has 3 aromatic heterocycles. The lowest BCUT2D eigenvalue weighted by molar-refractivity contribution is -0.140. The Morgan fingerprint density at radius 3 is 2.45 bits per heavy atom. The molecule has 0 atom stereocenters. The van der Waals surface area contributed by atoms with E-state index in [2.05, 4.69) is 20.4 Å². The van der Waals surface area contributed by atoms with Gasteiger partial charge in [-0.1, -0.05) is 0 Å². The van der Waals surface area contributed by atoms with E-state index in [1.165, 1.54) is 6.20 Å². The Morgan fingerprint density at radius 2 is 1.69 bits per heavy atom. The summed E-state index contributed by atoms with van der Waals surface area (Å²) in [6.45, 7) is 0. The van der Waals surface area contributed by atoms with Crippen molar-refractivity contribution in [1.82, 2.24) is 25.4 Å². The van der Waals surface area contributed by atoms with E-state index >= 15 is 0 Å². The van der Waals surface area contributed by atoms with Crippen molar-refractivity contribution in [1.29, 1.82) is 0 Å². The number of alkyl halides is 3. The van der Waals surface area contributed by atoms with Gasteiger partial charge in [-0.2, -0.15) is 23.4 Å². The maximum atomic E-state index is 13.5. The van der Waals surface area contributed by atoms with Crippen LogP contribution in [0.25, 0.3) is 33.1 Å². The largest absolute Gasteiger partial charge is 0.433 e. The summed E-state index contributed by atoms with van der Waals surface area (Å²) in [7, 11) is 0. The third kappa shape index (κ3) is 2.51. The van der Waals surface area contributed by atoms with Crippen LogP contribution >= 0.6 is 0 Å². The number of fused-ring (bicyclic) bond motifs is 5. The Kier molecular flexibility index (Phi) is 3.40. The molecule has 8 heteroatoms. The highest BCUT2D eigenvalue weighted by atomic mass is 19.4. The maximum Gasteiger partial charge on any atom is 0.433 e. The quantitative estimate of drug-likeness (QED) is 0.484. The zero-order valence-corrected chi connectivity index (χ0v) is 15.5. The molecule has 0 bridgehead atoms. The van der Waals surface area contributed by atoms with Gasteiger partial charge in [0, 0.05) is 22.4 Å². The van der Waals surface area contributed by atoms with Crippen molar-refractivity contribution in [2.75, 3.05) is 0 Å². The van der Waals surface area contributed by atoms with Gasteiger partial charge >= 0.3 is 6.18 Å². The van der Waals surface area contributed by atoms with Crippen LogP contribution in [0.5, 0.6) is 0 Å². The molecule has 2 aliphatic rings. The summed E-state index contributed by atoms with van der Waals surface area (Å²) in [6, 6.07) is 3.78. The number of nitrogens with one attached hydrogen (secondary N) is 2. The molecule has 2 aliphatic carbocycles. The first-order chi connectivity index (χ1) is 14.0. The van der Waals surface area contributed by atoms with Crippen LogP contribution in [-0.2, 0) is 19.0 Å². The Hall–Kier alpha value is -2.90. The van der Waals surface area contributed by atoms with Crippen molar-refractivity contribution in [2.45, 2.75) is 50.6 Å². The summed E-state index contributed by atoms with van der Waals surface area (Å²) in [5.74, 6) is 0.496. The van der Waals surface area contributed by atoms with Crippen molar-refractivity contribution in [3.63, 3.8) is 0 Å². The van der Waals surface area contributed by atoms with Gasteiger partial charge in [0.25, 0.3) is 0 Å². The molecule has 148 valence electrons. The first-order valence-electron chi connectivity index (χ1n) is 9.95. The molecule has 1 saturated carbocycles. The zero-order chi connectivity index (χ0) is 19.8. The number of nitrogens with zero attached hydrogens (tertiary/aromatic N) is 3. The molecule has 0 saturated heterocycles. The van der Waals surface area contributed by atoms with Crippen molar-refractivity contribution in [3.8, 4) is 11.3 Å². The van der Waals surface area contributed by atoms with Crippen LogP contribution in [0.1, 0.15) is 54.1 Å². The van der Waals surface area contributed by atoms with Crippen LogP contribution in [0.4, 0.5) is 13.2 Å². The van der Waals surface area contributed by atoms with Crippen LogP contribution in [0.3, 0.4) is 0 Å². The zero-order valence-electron chi connectivity index (χ0n) is 15.5. The third-order valence-corrected chi connectivity index (χ3v) is 6.18. The predicted molar refractivity (Wildman–Crippen MR) is 103 cm³/mol. The molecule has 4 aromatic rings. The molecule has 3 heterocycles. The average Bonchev–Trinajstić information content (AvgIpc) is 3.26. The van der Waals surface area contributed by atoms with Crippen LogP contribution in [0, 0.1) is 0 Å². The van der Waals surface area contributed by atoms with Gasteiger partial charge in [-0.25, -0.2) is 4.98 Å². The van der Waals surface area contributed by atoms with Gasteiger partial charge in [-0.3, -0.25) is 10.2 Å². The number of aryl methyl sites for hydroxylation is 1. The smallest absolute Gasteiger partial charge is 0.281 e. The molecule has 2 N–H and O–H groups in total. The molecule has 0 radical (unpaired) electrons. The first-order valence-corrected chi connectivity index (χ1v) is 9.95. The number of benzene rings is 1. The van der Waals surface area contributed by atoms with Gasteiger partial charge in [-0.05, 0) is 61.8 Å². The normalized spacial score (nSPS) is 17.2. The molecule has 0 spiro atoms. The van der Waals surface area contributed by atoms with Gasteiger partial charge < -0.3 is 0 Å². The van der Waals surface area contributed by atoms with Gasteiger partial charge in [0.15, 0.2) is 0 Å². The van der Waals surface area contributed by atoms with E-state index in [4.69, 9.17) is 4.98 Å². The van der Waals surface area contributed by atoms with E-state index in [-0.39, 0.29) is 5.56 Å². The highest BCUT2D eigenvalue weighted by Gasteiger charge is 2.37. The molecule has 0 unspecified atom stereocenters. The lowest BCUT2D eigenvalue weighted by Crippen LogP contribution is -2.11. The van der Waals surface area contributed by atoms with Crippen LogP contribution in [0.15, 0.2) is 18.3 Å². The predicted octanol–water partition coefficient (Wildman–Crippen LogP) is 5.28.